The number of ether oxygens (including phenoxy) is 1. The molecule has 1 aromatic heterocycles. The Hall–Kier alpha value is -3.18. The highest BCUT2D eigenvalue weighted by molar-refractivity contribution is 7.99. The van der Waals surface area contributed by atoms with Gasteiger partial charge in [0.05, 0.1) is 11.6 Å². The highest BCUT2D eigenvalue weighted by Gasteiger charge is 2.46. The van der Waals surface area contributed by atoms with E-state index >= 15 is 0 Å². The summed E-state index contributed by atoms with van der Waals surface area (Å²) >= 11 is 7.75. The lowest BCUT2D eigenvalue weighted by molar-refractivity contribution is -0.151. The number of thioether (sulfide) groups is 1. The first-order valence-electron chi connectivity index (χ1n) is 15.3. The summed E-state index contributed by atoms with van der Waals surface area (Å²) in [5, 5.41) is 26.3. The summed E-state index contributed by atoms with van der Waals surface area (Å²) < 4.78 is 7.67. The average molecular weight is 657 g/mol. The zero-order chi connectivity index (χ0) is 33.6. The van der Waals surface area contributed by atoms with Crippen LogP contribution in [0.2, 0.25) is 5.02 Å². The molecule has 0 aliphatic rings. The number of nitrogens with one attached hydrogen (secondary N) is 2. The van der Waals surface area contributed by atoms with Crippen LogP contribution in [-0.2, 0) is 16.0 Å². The second-order valence-corrected chi connectivity index (χ2v) is 12.9. The minimum atomic E-state index is -1.23. The molecule has 0 aliphatic carbocycles. The number of allylic oxidation sites excluding steroid dienone is 1. The Morgan fingerprint density at radius 3 is 2.44 bits per heavy atom. The standard InChI is InChI=1S/C32H43ClN6O3S.C2H6/c1-8-9-10-11-18-39-27(20-28(42-7)36-32(5,30(40)41)31(2,3)4)37-38-29(39)22-12-15-24(16-13-22)35-21-43-26-19-23(33)14-17-25(26)34-6;1-2/h11-19,28,35-36H,6,8-10,20-21H2,1-5,7H3,(H,40,41);1-2H3/b18-11-;/t28?,32-;/m1./s1. The van der Waals surface area contributed by atoms with E-state index in [0.717, 1.165) is 41.1 Å². The molecule has 0 radical (unpaired) electrons. The smallest absolute Gasteiger partial charge is 0.324 e. The number of hydrogen-bond donors (Lipinski definition) is 3. The SMILES string of the molecule is C=Nc1ccc(Cl)cc1SCNc1ccc(-c2nnc(CC(N[C@](C)(C(=O)O)C(C)(C)C)OC)n2/C=C\CCCC)cc1.CC. The number of carbonyl (C=O) groups is 1. The zero-order valence-corrected chi connectivity index (χ0v) is 29.4. The number of aliphatic imine (C=N–C) groups is 1. The van der Waals surface area contributed by atoms with Gasteiger partial charge in [-0.15, -0.1) is 22.0 Å². The van der Waals surface area contributed by atoms with Crippen LogP contribution in [0.3, 0.4) is 0 Å². The Morgan fingerprint density at radius 1 is 1.18 bits per heavy atom. The summed E-state index contributed by atoms with van der Waals surface area (Å²) in [5.41, 5.74) is 0.857. The van der Waals surface area contributed by atoms with Crippen molar-refractivity contribution in [1.82, 2.24) is 20.1 Å². The molecule has 0 spiro atoms. The number of hydrogen-bond acceptors (Lipinski definition) is 8. The molecule has 246 valence electrons. The van der Waals surface area contributed by atoms with Gasteiger partial charge in [0.1, 0.15) is 17.6 Å². The number of carboxylic acids is 1. The van der Waals surface area contributed by atoms with Crippen molar-refractivity contribution in [2.75, 3.05) is 18.3 Å². The van der Waals surface area contributed by atoms with Crippen LogP contribution in [0.4, 0.5) is 11.4 Å². The molecule has 2 atom stereocenters. The van der Waals surface area contributed by atoms with E-state index in [2.05, 4.69) is 45.5 Å². The highest BCUT2D eigenvalue weighted by atomic mass is 35.5. The maximum Gasteiger partial charge on any atom is 0.324 e. The van der Waals surface area contributed by atoms with E-state index in [4.69, 9.17) is 16.3 Å². The van der Waals surface area contributed by atoms with Gasteiger partial charge in [-0.1, -0.05) is 72.1 Å². The molecule has 1 unspecified atom stereocenters. The molecule has 3 N–H and O–H groups in total. The van der Waals surface area contributed by atoms with Crippen molar-refractivity contribution in [3.8, 4) is 11.4 Å². The first kappa shape index (κ1) is 38.0. The van der Waals surface area contributed by atoms with E-state index in [1.54, 1.807) is 31.9 Å². The lowest BCUT2D eigenvalue weighted by atomic mass is 9.74. The van der Waals surface area contributed by atoms with Crippen LogP contribution >= 0.6 is 23.4 Å². The van der Waals surface area contributed by atoms with Gasteiger partial charge in [-0.3, -0.25) is 19.7 Å². The van der Waals surface area contributed by atoms with Crippen LogP contribution < -0.4 is 10.6 Å². The molecule has 0 amide bonds. The Labute approximate surface area is 277 Å². The topological polar surface area (TPSA) is 114 Å². The van der Waals surface area contributed by atoms with Crippen LogP contribution in [0, 0.1) is 5.41 Å². The van der Waals surface area contributed by atoms with Crippen LogP contribution in [0.25, 0.3) is 17.6 Å². The minimum absolute atomic E-state index is 0.322. The molecule has 11 heteroatoms. The van der Waals surface area contributed by atoms with E-state index in [1.807, 2.05) is 81.8 Å². The molecule has 0 saturated carbocycles. The second-order valence-electron chi connectivity index (χ2n) is 11.4. The predicted molar refractivity (Wildman–Crippen MR) is 190 cm³/mol. The number of nitrogens with zero attached hydrogens (tertiary/aromatic N) is 4. The van der Waals surface area contributed by atoms with Crippen LogP contribution in [0.15, 0.2) is 58.4 Å². The van der Waals surface area contributed by atoms with Gasteiger partial charge < -0.3 is 15.2 Å². The lowest BCUT2D eigenvalue weighted by Gasteiger charge is -2.41. The van der Waals surface area contributed by atoms with Gasteiger partial charge >= 0.3 is 5.97 Å². The number of unbranched alkanes of at least 4 members (excludes halogenated alkanes) is 2. The summed E-state index contributed by atoms with van der Waals surface area (Å²) in [6.45, 7) is 17.1. The van der Waals surface area contributed by atoms with Gasteiger partial charge in [0, 0.05) is 40.9 Å². The molecular weight excluding hydrogens is 608 g/mol. The summed E-state index contributed by atoms with van der Waals surface area (Å²) in [7, 11) is 1.56. The molecule has 0 aliphatic heterocycles. The van der Waals surface area contributed by atoms with E-state index in [9.17, 15) is 9.90 Å². The number of halogens is 1. The third kappa shape index (κ3) is 10.4. The van der Waals surface area contributed by atoms with Crippen molar-refractivity contribution in [1.29, 1.82) is 0 Å². The summed E-state index contributed by atoms with van der Waals surface area (Å²) in [4.78, 5) is 17.3. The molecule has 9 nitrogen and oxygen atoms in total. The maximum absolute atomic E-state index is 12.3. The Bertz CT molecular complexity index is 1400. The van der Waals surface area contributed by atoms with Crippen molar-refractivity contribution >= 4 is 53.6 Å². The summed E-state index contributed by atoms with van der Waals surface area (Å²) in [5.74, 6) is 1.03. The van der Waals surface area contributed by atoms with E-state index in [-0.39, 0.29) is 0 Å². The van der Waals surface area contributed by atoms with Crippen molar-refractivity contribution in [3.05, 3.63) is 59.4 Å². The molecule has 1 heterocycles. The van der Waals surface area contributed by atoms with Crippen LogP contribution in [0.5, 0.6) is 0 Å². The van der Waals surface area contributed by atoms with Gasteiger partial charge in [0.15, 0.2) is 5.82 Å². The fourth-order valence-corrected chi connectivity index (χ4v) is 5.39. The molecule has 45 heavy (non-hydrogen) atoms. The maximum atomic E-state index is 12.3. The van der Waals surface area contributed by atoms with Gasteiger partial charge in [0.25, 0.3) is 0 Å². The normalized spacial score (nSPS) is 13.5. The van der Waals surface area contributed by atoms with Crippen LogP contribution in [-0.4, -0.2) is 57.3 Å². The first-order chi connectivity index (χ1) is 21.4. The number of anilines is 1. The Balaban J connectivity index is 0.00000345. The van der Waals surface area contributed by atoms with Crippen molar-refractivity contribution in [2.45, 2.75) is 90.8 Å². The van der Waals surface area contributed by atoms with Gasteiger partial charge in [-0.05, 0) is 67.9 Å². The highest BCUT2D eigenvalue weighted by Crippen LogP contribution is 2.33. The zero-order valence-electron chi connectivity index (χ0n) is 27.9. The molecule has 0 saturated heterocycles. The minimum Gasteiger partial charge on any atom is -0.480 e. The van der Waals surface area contributed by atoms with E-state index in [1.165, 1.54) is 0 Å². The lowest BCUT2D eigenvalue weighted by Crippen LogP contribution is -2.62. The fraction of sp³-hybridized carbons (Fsp3) is 0.471. The molecular formula is C34H49ClN6O3S. The van der Waals surface area contributed by atoms with Crippen LogP contribution in [0.1, 0.15) is 73.6 Å². The number of carboxylic acid groups (broad SMARTS) is 1. The number of benzene rings is 2. The fourth-order valence-electron chi connectivity index (χ4n) is 4.27. The Morgan fingerprint density at radius 2 is 1.87 bits per heavy atom. The van der Waals surface area contributed by atoms with Gasteiger partial charge in [-0.25, -0.2) is 0 Å². The first-order valence-corrected chi connectivity index (χ1v) is 16.7. The molecule has 3 rings (SSSR count). The monoisotopic (exact) mass is 656 g/mol. The van der Waals surface area contributed by atoms with Crippen molar-refractivity contribution in [2.24, 2.45) is 10.4 Å². The molecule has 3 aromatic rings. The van der Waals surface area contributed by atoms with E-state index in [0.29, 0.717) is 29.0 Å². The quantitative estimate of drug-likeness (QED) is 0.0607. The number of aromatic nitrogens is 3. The predicted octanol–water partition coefficient (Wildman–Crippen LogP) is 8.77. The number of rotatable bonds is 16. The number of aliphatic carboxylic acids is 1. The molecule has 2 aromatic carbocycles. The largest absolute Gasteiger partial charge is 0.480 e. The summed E-state index contributed by atoms with van der Waals surface area (Å²) in [6, 6.07) is 13.5. The molecule has 0 fully saturated rings. The van der Waals surface area contributed by atoms with E-state index < -0.39 is 23.2 Å². The molecule has 0 bridgehead atoms. The van der Waals surface area contributed by atoms with Gasteiger partial charge in [-0.2, -0.15) is 0 Å². The second kappa shape index (κ2) is 18.1. The van der Waals surface area contributed by atoms with Crippen molar-refractivity contribution in [3.63, 3.8) is 0 Å². The van der Waals surface area contributed by atoms with Gasteiger partial charge in [0.2, 0.25) is 0 Å². The Kier molecular flexibility index (Phi) is 15.3. The summed E-state index contributed by atoms with van der Waals surface area (Å²) in [6.07, 6.45) is 6.93. The third-order valence-corrected chi connectivity index (χ3v) is 8.68. The number of methoxy groups -OCH3 is 1. The average Bonchev–Trinajstić information content (AvgIpc) is 3.41. The third-order valence-electron chi connectivity index (χ3n) is 7.51. The van der Waals surface area contributed by atoms with Crippen molar-refractivity contribution < 1.29 is 14.6 Å².